The third-order valence-electron chi connectivity index (χ3n) is 2.87. The Morgan fingerprint density at radius 1 is 1.25 bits per heavy atom. The second-order valence-electron chi connectivity index (χ2n) is 4.53. The number of methoxy groups -OCH3 is 1. The van der Waals surface area contributed by atoms with Crippen molar-refractivity contribution in [3.8, 4) is 5.88 Å². The van der Waals surface area contributed by atoms with Gasteiger partial charge in [0.1, 0.15) is 6.61 Å². The van der Waals surface area contributed by atoms with Crippen LogP contribution in [0.3, 0.4) is 0 Å². The summed E-state index contributed by atoms with van der Waals surface area (Å²) >= 11 is 0. The average molecular weight is 282 g/mol. The van der Waals surface area contributed by atoms with Crippen molar-refractivity contribution in [3.63, 3.8) is 0 Å². The molecule has 0 aliphatic rings. The Morgan fingerprint density at radius 2 is 2.05 bits per heavy atom. The van der Waals surface area contributed by atoms with Crippen LogP contribution in [0, 0.1) is 0 Å². The second-order valence-corrected chi connectivity index (χ2v) is 4.53. The first-order valence-corrected chi connectivity index (χ1v) is 7.17. The van der Waals surface area contributed by atoms with E-state index in [1.807, 2.05) is 12.1 Å². The number of rotatable bonds is 11. The third kappa shape index (κ3) is 6.32. The summed E-state index contributed by atoms with van der Waals surface area (Å²) in [6.45, 7) is 7.47. The normalized spacial score (nSPS) is 12.3. The predicted molar refractivity (Wildman–Crippen MR) is 79.1 cm³/mol. The first-order valence-electron chi connectivity index (χ1n) is 7.17. The molecule has 1 aromatic heterocycles. The summed E-state index contributed by atoms with van der Waals surface area (Å²) in [7, 11) is 1.66. The summed E-state index contributed by atoms with van der Waals surface area (Å²) in [6.07, 6.45) is 2.85. The van der Waals surface area contributed by atoms with Gasteiger partial charge in [-0.3, -0.25) is 0 Å². The molecule has 1 rings (SSSR count). The Labute approximate surface area is 121 Å². The standard InChI is InChI=1S/C15H26N2O3/c1-4-7-16-13(2)14-6-5-8-17-15(14)20-12-11-19-10-9-18-3/h5-6,8,13,16H,4,7,9-12H2,1-3H3. The Kier molecular flexibility index (Phi) is 8.95. The number of pyridine rings is 1. The topological polar surface area (TPSA) is 52.6 Å². The van der Waals surface area contributed by atoms with Crippen LogP contribution in [0.1, 0.15) is 31.9 Å². The van der Waals surface area contributed by atoms with Crippen LogP contribution >= 0.6 is 0 Å². The van der Waals surface area contributed by atoms with Crippen molar-refractivity contribution in [2.45, 2.75) is 26.3 Å². The molecule has 0 aliphatic heterocycles. The van der Waals surface area contributed by atoms with E-state index in [-0.39, 0.29) is 6.04 Å². The first kappa shape index (κ1) is 16.9. The zero-order valence-electron chi connectivity index (χ0n) is 12.7. The number of hydrogen-bond acceptors (Lipinski definition) is 5. The van der Waals surface area contributed by atoms with Crippen LogP contribution in [0.2, 0.25) is 0 Å². The van der Waals surface area contributed by atoms with Gasteiger partial charge in [-0.05, 0) is 26.0 Å². The van der Waals surface area contributed by atoms with Gasteiger partial charge in [0.2, 0.25) is 5.88 Å². The molecule has 0 saturated carbocycles. The maximum Gasteiger partial charge on any atom is 0.218 e. The maximum absolute atomic E-state index is 5.70. The number of ether oxygens (including phenoxy) is 3. The van der Waals surface area contributed by atoms with Crippen molar-refractivity contribution >= 4 is 0 Å². The van der Waals surface area contributed by atoms with Crippen LogP contribution in [-0.4, -0.2) is 45.1 Å². The van der Waals surface area contributed by atoms with Crippen molar-refractivity contribution in [2.24, 2.45) is 0 Å². The van der Waals surface area contributed by atoms with Crippen molar-refractivity contribution < 1.29 is 14.2 Å². The quantitative estimate of drug-likeness (QED) is 0.630. The minimum Gasteiger partial charge on any atom is -0.475 e. The van der Waals surface area contributed by atoms with Gasteiger partial charge in [-0.1, -0.05) is 13.0 Å². The Bertz CT molecular complexity index is 361. The van der Waals surface area contributed by atoms with Crippen LogP contribution in [0.15, 0.2) is 18.3 Å². The van der Waals surface area contributed by atoms with E-state index in [1.54, 1.807) is 13.3 Å². The fourth-order valence-electron chi connectivity index (χ4n) is 1.77. The van der Waals surface area contributed by atoms with E-state index >= 15 is 0 Å². The van der Waals surface area contributed by atoms with E-state index in [4.69, 9.17) is 14.2 Å². The number of hydrogen-bond donors (Lipinski definition) is 1. The Balaban J connectivity index is 2.40. The SMILES string of the molecule is CCCNC(C)c1cccnc1OCCOCCOC. The molecule has 0 bridgehead atoms. The van der Waals surface area contributed by atoms with Gasteiger partial charge in [0.05, 0.1) is 19.8 Å². The van der Waals surface area contributed by atoms with Crippen molar-refractivity contribution in [1.29, 1.82) is 0 Å². The molecule has 0 radical (unpaired) electrons. The van der Waals surface area contributed by atoms with Gasteiger partial charge >= 0.3 is 0 Å². The van der Waals surface area contributed by atoms with E-state index in [1.165, 1.54) is 0 Å². The molecular formula is C15H26N2O3. The second kappa shape index (κ2) is 10.6. The molecule has 114 valence electrons. The summed E-state index contributed by atoms with van der Waals surface area (Å²) in [6, 6.07) is 4.20. The molecule has 5 heteroatoms. The molecule has 0 aliphatic carbocycles. The van der Waals surface area contributed by atoms with Gasteiger partial charge in [-0.25, -0.2) is 4.98 Å². The molecule has 0 amide bonds. The summed E-state index contributed by atoms with van der Waals surface area (Å²) in [5.41, 5.74) is 1.08. The summed E-state index contributed by atoms with van der Waals surface area (Å²) in [5.74, 6) is 0.680. The number of aromatic nitrogens is 1. The van der Waals surface area contributed by atoms with Crippen LogP contribution in [0.5, 0.6) is 5.88 Å². The predicted octanol–water partition coefficient (Wildman–Crippen LogP) is 2.18. The van der Waals surface area contributed by atoms with E-state index < -0.39 is 0 Å². The first-order chi connectivity index (χ1) is 9.79. The van der Waals surface area contributed by atoms with E-state index in [0.717, 1.165) is 18.5 Å². The van der Waals surface area contributed by atoms with Gasteiger partial charge in [0.25, 0.3) is 0 Å². The van der Waals surface area contributed by atoms with E-state index in [2.05, 4.69) is 24.1 Å². The fraction of sp³-hybridized carbons (Fsp3) is 0.667. The molecule has 0 spiro atoms. The van der Waals surface area contributed by atoms with Crippen LogP contribution in [-0.2, 0) is 9.47 Å². The highest BCUT2D eigenvalue weighted by Crippen LogP contribution is 2.22. The third-order valence-corrected chi connectivity index (χ3v) is 2.87. The molecule has 20 heavy (non-hydrogen) atoms. The van der Waals surface area contributed by atoms with Crippen molar-refractivity contribution in [1.82, 2.24) is 10.3 Å². The van der Waals surface area contributed by atoms with Crippen LogP contribution in [0.4, 0.5) is 0 Å². The molecule has 0 aromatic carbocycles. The van der Waals surface area contributed by atoms with E-state index in [9.17, 15) is 0 Å². The Hall–Kier alpha value is -1.17. The molecule has 5 nitrogen and oxygen atoms in total. The highest BCUT2D eigenvalue weighted by Gasteiger charge is 2.11. The number of nitrogens with zero attached hydrogens (tertiary/aromatic N) is 1. The molecule has 1 atom stereocenters. The van der Waals surface area contributed by atoms with Gasteiger partial charge in [-0.15, -0.1) is 0 Å². The lowest BCUT2D eigenvalue weighted by Crippen LogP contribution is -2.20. The lowest BCUT2D eigenvalue weighted by molar-refractivity contribution is 0.0534. The summed E-state index contributed by atoms with van der Waals surface area (Å²) in [4.78, 5) is 4.30. The summed E-state index contributed by atoms with van der Waals surface area (Å²) in [5, 5.41) is 3.44. The van der Waals surface area contributed by atoms with Gasteiger partial charge < -0.3 is 19.5 Å². The van der Waals surface area contributed by atoms with Gasteiger partial charge in [0.15, 0.2) is 0 Å². The Morgan fingerprint density at radius 3 is 2.80 bits per heavy atom. The summed E-state index contributed by atoms with van der Waals surface area (Å²) < 4.78 is 16.0. The van der Waals surface area contributed by atoms with Crippen molar-refractivity contribution in [2.75, 3.05) is 40.1 Å². The zero-order valence-corrected chi connectivity index (χ0v) is 12.7. The van der Waals surface area contributed by atoms with E-state index in [0.29, 0.717) is 32.3 Å². The average Bonchev–Trinajstić information content (AvgIpc) is 2.48. The molecule has 1 heterocycles. The highest BCUT2D eigenvalue weighted by molar-refractivity contribution is 5.28. The minimum atomic E-state index is 0.230. The minimum absolute atomic E-state index is 0.230. The molecule has 1 unspecified atom stereocenters. The van der Waals surface area contributed by atoms with Crippen LogP contribution < -0.4 is 10.1 Å². The zero-order chi connectivity index (χ0) is 14.6. The smallest absolute Gasteiger partial charge is 0.218 e. The van der Waals surface area contributed by atoms with Gasteiger partial charge in [0, 0.05) is 24.9 Å². The number of nitrogens with one attached hydrogen (secondary N) is 1. The molecule has 1 aromatic rings. The monoisotopic (exact) mass is 282 g/mol. The highest BCUT2D eigenvalue weighted by atomic mass is 16.5. The fourth-order valence-corrected chi connectivity index (χ4v) is 1.77. The molecule has 0 saturated heterocycles. The molecule has 0 fully saturated rings. The lowest BCUT2D eigenvalue weighted by Gasteiger charge is -2.17. The van der Waals surface area contributed by atoms with Crippen molar-refractivity contribution in [3.05, 3.63) is 23.9 Å². The van der Waals surface area contributed by atoms with Crippen LogP contribution in [0.25, 0.3) is 0 Å². The maximum atomic E-state index is 5.70. The lowest BCUT2D eigenvalue weighted by atomic mass is 10.1. The van der Waals surface area contributed by atoms with Gasteiger partial charge in [-0.2, -0.15) is 0 Å². The largest absolute Gasteiger partial charge is 0.475 e. The molecule has 1 N–H and O–H groups in total. The molecular weight excluding hydrogens is 256 g/mol.